The van der Waals surface area contributed by atoms with Gasteiger partial charge in [-0.25, -0.2) is 0 Å². The monoisotopic (exact) mass is 233 g/mol. The van der Waals surface area contributed by atoms with Crippen molar-refractivity contribution in [2.75, 3.05) is 7.11 Å². The van der Waals surface area contributed by atoms with Crippen LogP contribution in [0.1, 0.15) is 37.8 Å². The zero-order chi connectivity index (χ0) is 12.5. The Hall–Kier alpha value is -1.02. The van der Waals surface area contributed by atoms with E-state index < -0.39 is 0 Å². The quantitative estimate of drug-likeness (QED) is 0.842. The second-order valence-corrected chi connectivity index (χ2v) is 5.65. The number of aryl methyl sites for hydroxylation is 1. The Morgan fingerprint density at radius 2 is 2.06 bits per heavy atom. The lowest BCUT2D eigenvalue weighted by Crippen LogP contribution is -2.40. The molecule has 0 aromatic heterocycles. The van der Waals surface area contributed by atoms with Crippen LogP contribution in [0, 0.1) is 12.8 Å². The Balaban J connectivity index is 1.97. The molecule has 0 radical (unpaired) electrons. The first-order valence-corrected chi connectivity index (χ1v) is 6.41. The van der Waals surface area contributed by atoms with Crippen molar-refractivity contribution in [3.63, 3.8) is 0 Å². The molecule has 1 fully saturated rings. The summed E-state index contributed by atoms with van der Waals surface area (Å²) in [7, 11) is 1.72. The molecular weight excluding hydrogens is 210 g/mol. The van der Waals surface area contributed by atoms with Crippen LogP contribution in [0.3, 0.4) is 0 Å². The molecule has 2 nitrogen and oxygen atoms in total. The molecule has 94 valence electrons. The number of hydrogen-bond acceptors (Lipinski definition) is 2. The van der Waals surface area contributed by atoms with E-state index in [1.165, 1.54) is 24.0 Å². The lowest BCUT2D eigenvalue weighted by molar-refractivity contribution is 0.339. The molecule has 1 saturated carbocycles. The van der Waals surface area contributed by atoms with Crippen LogP contribution in [0.25, 0.3) is 0 Å². The summed E-state index contributed by atoms with van der Waals surface area (Å²) in [6.45, 7) is 7.64. The van der Waals surface area contributed by atoms with Gasteiger partial charge in [0.25, 0.3) is 0 Å². The fourth-order valence-corrected chi connectivity index (χ4v) is 2.33. The van der Waals surface area contributed by atoms with Crippen LogP contribution in [0.5, 0.6) is 5.75 Å². The molecule has 0 spiro atoms. The van der Waals surface area contributed by atoms with E-state index in [9.17, 15) is 0 Å². The van der Waals surface area contributed by atoms with Crippen molar-refractivity contribution in [3.8, 4) is 5.75 Å². The molecule has 17 heavy (non-hydrogen) atoms. The standard InChI is InChI=1S/C15H23NO/c1-11-9-12(5-8-14(11)17-4)10-16-15(2,3)13-6-7-13/h5,8-9,13,16H,6-7,10H2,1-4H3. The molecule has 2 heteroatoms. The fraction of sp³-hybridized carbons (Fsp3) is 0.600. The van der Waals surface area contributed by atoms with Crippen molar-refractivity contribution in [1.82, 2.24) is 5.32 Å². The molecular formula is C15H23NO. The second-order valence-electron chi connectivity index (χ2n) is 5.65. The number of ether oxygens (including phenoxy) is 1. The Bertz CT molecular complexity index is 394. The first kappa shape index (κ1) is 12.4. The summed E-state index contributed by atoms with van der Waals surface area (Å²) in [5.74, 6) is 1.83. The van der Waals surface area contributed by atoms with Gasteiger partial charge in [-0.2, -0.15) is 0 Å². The molecule has 0 aliphatic heterocycles. The van der Waals surface area contributed by atoms with E-state index in [1.807, 2.05) is 0 Å². The summed E-state index contributed by atoms with van der Waals surface area (Å²) >= 11 is 0. The van der Waals surface area contributed by atoms with Crippen LogP contribution in [0.15, 0.2) is 18.2 Å². The summed E-state index contributed by atoms with van der Waals surface area (Å²) in [4.78, 5) is 0. The van der Waals surface area contributed by atoms with E-state index in [0.717, 1.165) is 18.2 Å². The van der Waals surface area contributed by atoms with Crippen molar-refractivity contribution in [3.05, 3.63) is 29.3 Å². The van der Waals surface area contributed by atoms with E-state index in [1.54, 1.807) is 7.11 Å². The summed E-state index contributed by atoms with van der Waals surface area (Å²) in [6, 6.07) is 6.40. The molecule has 1 aromatic carbocycles. The van der Waals surface area contributed by atoms with Crippen molar-refractivity contribution < 1.29 is 4.74 Å². The molecule has 0 heterocycles. The molecule has 0 atom stereocenters. The average Bonchev–Trinajstić information content (AvgIpc) is 3.11. The average molecular weight is 233 g/mol. The Morgan fingerprint density at radius 3 is 2.59 bits per heavy atom. The fourth-order valence-electron chi connectivity index (χ4n) is 2.33. The third kappa shape index (κ3) is 3.01. The normalized spacial score (nSPS) is 16.0. The van der Waals surface area contributed by atoms with Crippen molar-refractivity contribution in [2.45, 2.75) is 45.7 Å². The number of benzene rings is 1. The van der Waals surface area contributed by atoms with Gasteiger partial charge in [0.1, 0.15) is 5.75 Å². The van der Waals surface area contributed by atoms with Crippen LogP contribution in [0.4, 0.5) is 0 Å². The van der Waals surface area contributed by atoms with Crippen LogP contribution in [0.2, 0.25) is 0 Å². The largest absolute Gasteiger partial charge is 0.496 e. The highest BCUT2D eigenvalue weighted by atomic mass is 16.5. The third-order valence-corrected chi connectivity index (χ3v) is 3.81. The number of rotatable bonds is 5. The highest BCUT2D eigenvalue weighted by Gasteiger charge is 2.37. The molecule has 0 saturated heterocycles. The van der Waals surface area contributed by atoms with Gasteiger partial charge in [0.2, 0.25) is 0 Å². The van der Waals surface area contributed by atoms with Gasteiger partial charge in [-0.05, 0) is 56.7 Å². The maximum atomic E-state index is 5.27. The predicted molar refractivity (Wildman–Crippen MR) is 71.4 cm³/mol. The van der Waals surface area contributed by atoms with E-state index >= 15 is 0 Å². The Kier molecular flexibility index (Phi) is 3.43. The highest BCUT2D eigenvalue weighted by molar-refractivity contribution is 5.36. The predicted octanol–water partition coefficient (Wildman–Crippen LogP) is 3.28. The zero-order valence-corrected chi connectivity index (χ0v) is 11.3. The van der Waals surface area contributed by atoms with Crippen molar-refractivity contribution >= 4 is 0 Å². The van der Waals surface area contributed by atoms with Gasteiger partial charge in [-0.3, -0.25) is 0 Å². The van der Waals surface area contributed by atoms with Gasteiger partial charge in [0.15, 0.2) is 0 Å². The molecule has 0 amide bonds. The Morgan fingerprint density at radius 1 is 1.35 bits per heavy atom. The van der Waals surface area contributed by atoms with Crippen LogP contribution in [-0.4, -0.2) is 12.6 Å². The first-order chi connectivity index (χ1) is 8.03. The lowest BCUT2D eigenvalue weighted by Gasteiger charge is -2.26. The third-order valence-electron chi connectivity index (χ3n) is 3.81. The van der Waals surface area contributed by atoms with Gasteiger partial charge in [-0.15, -0.1) is 0 Å². The summed E-state index contributed by atoms with van der Waals surface area (Å²) < 4.78 is 5.27. The van der Waals surface area contributed by atoms with E-state index in [-0.39, 0.29) is 5.54 Å². The molecule has 2 rings (SSSR count). The van der Waals surface area contributed by atoms with Gasteiger partial charge < -0.3 is 10.1 Å². The summed E-state index contributed by atoms with van der Waals surface area (Å²) in [6.07, 6.45) is 2.75. The molecule has 1 aromatic rings. The SMILES string of the molecule is COc1ccc(CNC(C)(C)C2CC2)cc1C. The minimum Gasteiger partial charge on any atom is -0.496 e. The summed E-state index contributed by atoms with van der Waals surface area (Å²) in [5, 5.41) is 3.66. The van der Waals surface area contributed by atoms with Crippen LogP contribution >= 0.6 is 0 Å². The number of methoxy groups -OCH3 is 1. The molecule has 0 unspecified atom stereocenters. The minimum atomic E-state index is 0.272. The number of nitrogens with one attached hydrogen (secondary N) is 1. The van der Waals surface area contributed by atoms with Gasteiger partial charge in [0.05, 0.1) is 7.11 Å². The minimum absolute atomic E-state index is 0.272. The smallest absolute Gasteiger partial charge is 0.121 e. The van der Waals surface area contributed by atoms with Crippen LogP contribution < -0.4 is 10.1 Å². The van der Waals surface area contributed by atoms with Crippen LogP contribution in [-0.2, 0) is 6.54 Å². The van der Waals surface area contributed by atoms with Crippen molar-refractivity contribution in [2.24, 2.45) is 5.92 Å². The van der Waals surface area contributed by atoms with Crippen molar-refractivity contribution in [1.29, 1.82) is 0 Å². The number of hydrogen-bond donors (Lipinski definition) is 1. The van der Waals surface area contributed by atoms with E-state index in [4.69, 9.17) is 4.74 Å². The highest BCUT2D eigenvalue weighted by Crippen LogP contribution is 2.39. The van der Waals surface area contributed by atoms with Gasteiger partial charge in [0, 0.05) is 12.1 Å². The van der Waals surface area contributed by atoms with Gasteiger partial charge >= 0.3 is 0 Å². The van der Waals surface area contributed by atoms with E-state index in [2.05, 4.69) is 44.3 Å². The molecule has 1 aliphatic carbocycles. The molecule has 0 bridgehead atoms. The zero-order valence-electron chi connectivity index (χ0n) is 11.3. The second kappa shape index (κ2) is 4.69. The maximum absolute atomic E-state index is 5.27. The van der Waals surface area contributed by atoms with E-state index in [0.29, 0.717) is 0 Å². The topological polar surface area (TPSA) is 21.3 Å². The lowest BCUT2D eigenvalue weighted by atomic mass is 9.98. The molecule has 1 aliphatic rings. The Labute approximate surface area is 104 Å². The van der Waals surface area contributed by atoms with Gasteiger partial charge in [-0.1, -0.05) is 12.1 Å². The summed E-state index contributed by atoms with van der Waals surface area (Å²) in [5.41, 5.74) is 2.81. The first-order valence-electron chi connectivity index (χ1n) is 6.41. The maximum Gasteiger partial charge on any atom is 0.121 e. The molecule has 1 N–H and O–H groups in total.